The van der Waals surface area contributed by atoms with Crippen LogP contribution in [0.2, 0.25) is 0 Å². The molecule has 2 rings (SSSR count). The molecule has 17 heavy (non-hydrogen) atoms. The Morgan fingerprint density at radius 1 is 1.24 bits per heavy atom. The number of hydrogen-bond donors (Lipinski definition) is 1. The molecule has 0 aliphatic carbocycles. The quantitative estimate of drug-likeness (QED) is 0.799. The molecule has 0 bridgehead atoms. The first-order valence-corrected chi connectivity index (χ1v) is 6.33. The maximum absolute atomic E-state index is 3.21. The fourth-order valence-electron chi connectivity index (χ4n) is 2.65. The second-order valence-electron chi connectivity index (χ2n) is 4.95. The topological polar surface area (TPSA) is 17.0 Å². The van der Waals surface area contributed by atoms with Crippen LogP contribution >= 0.6 is 0 Å². The summed E-state index contributed by atoms with van der Waals surface area (Å²) in [5, 5.41) is 4.66. The van der Waals surface area contributed by atoms with E-state index < -0.39 is 0 Å². The summed E-state index contributed by atoms with van der Waals surface area (Å²) in [6.45, 7) is 5.47. The SMILES string of the molecule is CNCCCc1cn(C)c2cc(C)cc(C)c12. The van der Waals surface area contributed by atoms with Gasteiger partial charge in [-0.25, -0.2) is 0 Å². The third-order valence-electron chi connectivity index (χ3n) is 3.38. The normalized spacial score (nSPS) is 11.3. The molecule has 1 aromatic heterocycles. The summed E-state index contributed by atoms with van der Waals surface area (Å²) in [4.78, 5) is 0. The van der Waals surface area contributed by atoms with E-state index >= 15 is 0 Å². The summed E-state index contributed by atoms with van der Waals surface area (Å²) >= 11 is 0. The first-order chi connectivity index (χ1) is 8.13. The van der Waals surface area contributed by atoms with Gasteiger partial charge < -0.3 is 9.88 Å². The number of hydrogen-bond acceptors (Lipinski definition) is 1. The predicted molar refractivity (Wildman–Crippen MR) is 74.6 cm³/mol. The first kappa shape index (κ1) is 12.2. The lowest BCUT2D eigenvalue weighted by Crippen LogP contribution is -2.08. The molecule has 2 aromatic rings. The molecule has 0 aliphatic rings. The zero-order valence-corrected chi connectivity index (χ0v) is 11.3. The molecule has 92 valence electrons. The molecule has 0 saturated heterocycles. The number of nitrogens with zero attached hydrogens (tertiary/aromatic N) is 1. The van der Waals surface area contributed by atoms with Crippen LogP contribution < -0.4 is 5.32 Å². The van der Waals surface area contributed by atoms with Gasteiger partial charge in [-0.2, -0.15) is 0 Å². The molecular weight excluding hydrogens is 208 g/mol. The molecule has 2 heteroatoms. The van der Waals surface area contributed by atoms with E-state index in [0.717, 1.165) is 13.0 Å². The third kappa shape index (κ3) is 2.37. The number of rotatable bonds is 4. The number of aryl methyl sites for hydroxylation is 4. The van der Waals surface area contributed by atoms with Crippen molar-refractivity contribution in [2.45, 2.75) is 26.7 Å². The van der Waals surface area contributed by atoms with Gasteiger partial charge in [0.05, 0.1) is 0 Å². The molecule has 0 amide bonds. The Balaban J connectivity index is 2.43. The van der Waals surface area contributed by atoms with Gasteiger partial charge in [-0.05, 0) is 63.0 Å². The van der Waals surface area contributed by atoms with Gasteiger partial charge in [0, 0.05) is 24.1 Å². The van der Waals surface area contributed by atoms with Gasteiger partial charge in [0.25, 0.3) is 0 Å². The Labute approximate surface area is 104 Å². The third-order valence-corrected chi connectivity index (χ3v) is 3.38. The molecule has 0 unspecified atom stereocenters. The van der Waals surface area contributed by atoms with Gasteiger partial charge in [-0.1, -0.05) is 6.07 Å². The van der Waals surface area contributed by atoms with Crippen molar-refractivity contribution in [3.8, 4) is 0 Å². The summed E-state index contributed by atoms with van der Waals surface area (Å²) in [7, 11) is 4.15. The Morgan fingerprint density at radius 2 is 2.00 bits per heavy atom. The van der Waals surface area contributed by atoms with E-state index in [-0.39, 0.29) is 0 Å². The summed E-state index contributed by atoms with van der Waals surface area (Å²) in [5.74, 6) is 0. The smallest absolute Gasteiger partial charge is 0.0485 e. The van der Waals surface area contributed by atoms with Crippen molar-refractivity contribution in [1.82, 2.24) is 9.88 Å². The van der Waals surface area contributed by atoms with Crippen LogP contribution in [-0.2, 0) is 13.5 Å². The van der Waals surface area contributed by atoms with E-state index in [1.807, 2.05) is 7.05 Å². The Kier molecular flexibility index (Phi) is 3.53. The second kappa shape index (κ2) is 4.92. The summed E-state index contributed by atoms with van der Waals surface area (Å²) in [6.07, 6.45) is 4.64. The van der Waals surface area contributed by atoms with Crippen molar-refractivity contribution in [3.63, 3.8) is 0 Å². The van der Waals surface area contributed by atoms with Gasteiger partial charge in [-0.15, -0.1) is 0 Å². The minimum absolute atomic E-state index is 1.08. The van der Waals surface area contributed by atoms with Crippen molar-refractivity contribution in [1.29, 1.82) is 0 Å². The van der Waals surface area contributed by atoms with Gasteiger partial charge in [0.2, 0.25) is 0 Å². The van der Waals surface area contributed by atoms with Crippen molar-refractivity contribution in [2.75, 3.05) is 13.6 Å². The number of aromatic nitrogens is 1. The standard InChI is InChI=1S/C15H22N2/c1-11-8-12(2)15-13(6-5-7-16-3)10-17(4)14(15)9-11/h8-10,16H,5-7H2,1-4H3. The Morgan fingerprint density at radius 3 is 2.71 bits per heavy atom. The van der Waals surface area contributed by atoms with Crippen molar-refractivity contribution in [2.24, 2.45) is 7.05 Å². The average Bonchev–Trinajstić information content (AvgIpc) is 2.56. The van der Waals surface area contributed by atoms with Gasteiger partial charge in [-0.3, -0.25) is 0 Å². The highest BCUT2D eigenvalue weighted by Crippen LogP contribution is 2.26. The molecule has 1 heterocycles. The molecule has 0 saturated carbocycles. The van der Waals surface area contributed by atoms with Crippen LogP contribution in [0.4, 0.5) is 0 Å². The fraction of sp³-hybridized carbons (Fsp3) is 0.467. The van der Waals surface area contributed by atoms with Gasteiger partial charge >= 0.3 is 0 Å². The van der Waals surface area contributed by atoms with E-state index in [2.05, 4.69) is 49.1 Å². The molecule has 0 radical (unpaired) electrons. The number of fused-ring (bicyclic) bond motifs is 1. The number of nitrogens with one attached hydrogen (secondary N) is 1. The van der Waals surface area contributed by atoms with Crippen molar-refractivity contribution >= 4 is 10.9 Å². The molecule has 0 spiro atoms. The molecule has 0 aliphatic heterocycles. The zero-order valence-electron chi connectivity index (χ0n) is 11.3. The van der Waals surface area contributed by atoms with E-state index in [9.17, 15) is 0 Å². The zero-order chi connectivity index (χ0) is 12.4. The lowest BCUT2D eigenvalue weighted by molar-refractivity contribution is 0.725. The monoisotopic (exact) mass is 230 g/mol. The highest BCUT2D eigenvalue weighted by molar-refractivity contribution is 5.87. The second-order valence-corrected chi connectivity index (χ2v) is 4.95. The molecule has 1 aromatic carbocycles. The summed E-state index contributed by atoms with van der Waals surface area (Å²) < 4.78 is 2.25. The largest absolute Gasteiger partial charge is 0.350 e. The lowest BCUT2D eigenvalue weighted by Gasteiger charge is -2.04. The molecule has 0 atom stereocenters. The maximum atomic E-state index is 3.21. The fourth-order valence-corrected chi connectivity index (χ4v) is 2.65. The van der Waals surface area contributed by atoms with Crippen LogP contribution in [0.15, 0.2) is 18.3 Å². The molecular formula is C15H22N2. The lowest BCUT2D eigenvalue weighted by atomic mass is 10.0. The highest BCUT2D eigenvalue weighted by atomic mass is 14.9. The highest BCUT2D eigenvalue weighted by Gasteiger charge is 2.09. The van der Waals surface area contributed by atoms with Crippen LogP contribution in [0.5, 0.6) is 0 Å². The van der Waals surface area contributed by atoms with E-state index in [4.69, 9.17) is 0 Å². The molecule has 0 fully saturated rings. The van der Waals surface area contributed by atoms with E-state index in [1.54, 1.807) is 0 Å². The summed E-state index contributed by atoms with van der Waals surface area (Å²) in [5.41, 5.74) is 5.59. The van der Waals surface area contributed by atoms with Crippen LogP contribution in [0, 0.1) is 13.8 Å². The van der Waals surface area contributed by atoms with Crippen molar-refractivity contribution in [3.05, 3.63) is 35.0 Å². The first-order valence-electron chi connectivity index (χ1n) is 6.33. The summed E-state index contributed by atoms with van der Waals surface area (Å²) in [6, 6.07) is 4.56. The van der Waals surface area contributed by atoms with Crippen LogP contribution in [-0.4, -0.2) is 18.2 Å². The predicted octanol–water partition coefficient (Wildman–Crippen LogP) is 2.95. The number of benzene rings is 1. The minimum Gasteiger partial charge on any atom is -0.350 e. The minimum atomic E-state index is 1.08. The van der Waals surface area contributed by atoms with Crippen molar-refractivity contribution < 1.29 is 0 Å². The average molecular weight is 230 g/mol. The van der Waals surface area contributed by atoms with Crippen LogP contribution in [0.25, 0.3) is 10.9 Å². The van der Waals surface area contributed by atoms with Gasteiger partial charge in [0.1, 0.15) is 0 Å². The van der Waals surface area contributed by atoms with E-state index in [1.165, 1.54) is 34.0 Å². The Hall–Kier alpha value is -1.28. The van der Waals surface area contributed by atoms with Crippen LogP contribution in [0.1, 0.15) is 23.1 Å². The van der Waals surface area contributed by atoms with Crippen LogP contribution in [0.3, 0.4) is 0 Å². The van der Waals surface area contributed by atoms with E-state index in [0.29, 0.717) is 0 Å². The maximum Gasteiger partial charge on any atom is 0.0485 e. The van der Waals surface area contributed by atoms with Gasteiger partial charge in [0.15, 0.2) is 0 Å². The Bertz CT molecular complexity index is 523. The molecule has 2 nitrogen and oxygen atoms in total. The molecule has 1 N–H and O–H groups in total.